The van der Waals surface area contributed by atoms with Crippen LogP contribution in [0.2, 0.25) is 0 Å². The topological polar surface area (TPSA) is 92.5 Å². The largest absolute Gasteiger partial charge is 3.00 e. The van der Waals surface area contributed by atoms with Crippen molar-refractivity contribution in [1.29, 1.82) is 0 Å². The van der Waals surface area contributed by atoms with Crippen molar-refractivity contribution in [2.24, 2.45) is 0 Å². The number of aromatic nitrogens is 2. The third-order valence-electron chi connectivity index (χ3n) is 8.44. The molecule has 0 amide bonds. The number of fused-ring (bicyclic) bond motifs is 6. The standard InChI is InChI=1S/2C21H18NO.2CH4O.Ir/c2*1-21(2,3)14-11-12-22-18(13-14)17-9-6-8-16-15-7-4-5-10-19(15)23-20(16)17;2*1-2;/h2*4-8,10-13H,1-3H3;2*2H,1H3;/q2*-1;;;+3. The van der Waals surface area contributed by atoms with E-state index in [1.807, 2.05) is 60.9 Å². The van der Waals surface area contributed by atoms with E-state index < -0.39 is 0 Å². The maximum Gasteiger partial charge on any atom is 3.00 e. The van der Waals surface area contributed by atoms with E-state index in [0.29, 0.717) is 0 Å². The molecule has 2 N–H and O–H groups in total. The van der Waals surface area contributed by atoms with E-state index in [1.54, 1.807) is 0 Å². The fourth-order valence-corrected chi connectivity index (χ4v) is 5.83. The number of nitrogens with zero attached hydrogens (tertiary/aromatic N) is 2. The van der Waals surface area contributed by atoms with Crippen LogP contribution >= 0.6 is 0 Å². The first-order valence-corrected chi connectivity index (χ1v) is 16.5. The molecule has 0 unspecified atom stereocenters. The van der Waals surface area contributed by atoms with Gasteiger partial charge in [0.1, 0.15) is 11.2 Å². The van der Waals surface area contributed by atoms with Gasteiger partial charge in [0, 0.05) is 37.4 Å². The van der Waals surface area contributed by atoms with Crippen LogP contribution in [-0.2, 0) is 30.9 Å². The molecule has 0 fully saturated rings. The molecular weight excluding hydrogens is 813 g/mol. The van der Waals surface area contributed by atoms with E-state index in [4.69, 9.17) is 19.0 Å². The summed E-state index contributed by atoms with van der Waals surface area (Å²) < 4.78 is 12.2. The zero-order valence-electron chi connectivity index (χ0n) is 30.3. The van der Waals surface area contributed by atoms with E-state index in [-0.39, 0.29) is 30.9 Å². The summed E-state index contributed by atoms with van der Waals surface area (Å²) in [7, 11) is 2.00. The summed E-state index contributed by atoms with van der Waals surface area (Å²) in [5.74, 6) is 0. The Bertz CT molecular complexity index is 2190. The maximum absolute atomic E-state index is 7.00. The van der Waals surface area contributed by atoms with Crippen LogP contribution in [0.4, 0.5) is 0 Å². The predicted octanol–water partition coefficient (Wildman–Crippen LogP) is 10.7. The molecule has 6 nitrogen and oxygen atoms in total. The second-order valence-electron chi connectivity index (χ2n) is 13.7. The first-order chi connectivity index (χ1) is 24.1. The van der Waals surface area contributed by atoms with E-state index in [0.717, 1.165) is 80.6 Å². The third kappa shape index (κ3) is 8.30. The van der Waals surface area contributed by atoms with E-state index >= 15 is 0 Å². The molecule has 51 heavy (non-hydrogen) atoms. The Labute approximate surface area is 313 Å². The number of hydrogen-bond acceptors (Lipinski definition) is 6. The Balaban J connectivity index is 0.000000205. The zero-order valence-corrected chi connectivity index (χ0v) is 32.7. The summed E-state index contributed by atoms with van der Waals surface area (Å²) in [4.78, 5) is 9.10. The summed E-state index contributed by atoms with van der Waals surface area (Å²) in [6.07, 6.45) is 3.73. The Morgan fingerprint density at radius 3 is 1.25 bits per heavy atom. The van der Waals surface area contributed by atoms with E-state index in [1.165, 1.54) is 11.1 Å². The minimum Gasteiger partial charge on any atom is -0.501 e. The Hall–Kier alpha value is -4.65. The molecule has 4 heterocycles. The van der Waals surface area contributed by atoms with Crippen LogP contribution in [0, 0.1) is 12.1 Å². The van der Waals surface area contributed by atoms with Crippen LogP contribution < -0.4 is 0 Å². The Morgan fingerprint density at radius 2 is 0.882 bits per heavy atom. The van der Waals surface area contributed by atoms with E-state index in [9.17, 15) is 0 Å². The van der Waals surface area contributed by atoms with Crippen molar-refractivity contribution >= 4 is 43.9 Å². The Morgan fingerprint density at radius 1 is 0.510 bits per heavy atom. The number of furan rings is 2. The van der Waals surface area contributed by atoms with Crippen molar-refractivity contribution in [2.45, 2.75) is 52.4 Å². The van der Waals surface area contributed by atoms with Crippen LogP contribution in [0.5, 0.6) is 0 Å². The number of hydrogen-bond donors (Lipinski definition) is 2. The minimum absolute atomic E-state index is 0. The smallest absolute Gasteiger partial charge is 0.501 e. The van der Waals surface area contributed by atoms with Gasteiger partial charge in [0.05, 0.1) is 11.2 Å². The van der Waals surface area contributed by atoms with Gasteiger partial charge in [-0.05, 0) is 57.6 Å². The summed E-state index contributed by atoms with van der Waals surface area (Å²) in [5.41, 5.74) is 9.83. The molecule has 0 aliphatic rings. The normalized spacial score (nSPS) is 11.2. The summed E-state index contributed by atoms with van der Waals surface area (Å²) in [5, 5.41) is 18.5. The fraction of sp³-hybridized carbons (Fsp3) is 0.227. The van der Waals surface area contributed by atoms with Crippen molar-refractivity contribution in [3.63, 3.8) is 0 Å². The third-order valence-corrected chi connectivity index (χ3v) is 8.44. The first-order valence-electron chi connectivity index (χ1n) is 16.5. The van der Waals surface area contributed by atoms with Crippen molar-refractivity contribution in [2.75, 3.05) is 14.2 Å². The minimum atomic E-state index is 0. The molecule has 0 aliphatic carbocycles. The summed E-state index contributed by atoms with van der Waals surface area (Å²) >= 11 is 0. The molecule has 4 aromatic heterocycles. The van der Waals surface area contributed by atoms with Crippen molar-refractivity contribution < 1.29 is 39.2 Å². The molecule has 262 valence electrons. The number of rotatable bonds is 2. The molecule has 0 saturated heterocycles. The van der Waals surface area contributed by atoms with Gasteiger partial charge in [-0.2, -0.15) is 0 Å². The quantitative estimate of drug-likeness (QED) is 0.168. The number of aliphatic hydroxyl groups excluding tert-OH is 2. The molecule has 8 aromatic rings. The number of aliphatic hydroxyl groups is 2. The predicted molar refractivity (Wildman–Crippen MR) is 205 cm³/mol. The van der Waals surface area contributed by atoms with Gasteiger partial charge in [-0.15, -0.1) is 36.4 Å². The maximum atomic E-state index is 7.00. The molecule has 0 spiro atoms. The van der Waals surface area contributed by atoms with E-state index in [2.05, 4.69) is 112 Å². The number of pyridine rings is 2. The number of benzene rings is 4. The monoisotopic (exact) mass is 857 g/mol. The van der Waals surface area contributed by atoms with Gasteiger partial charge in [0.15, 0.2) is 0 Å². The average Bonchev–Trinajstić information content (AvgIpc) is 3.72. The van der Waals surface area contributed by atoms with Gasteiger partial charge in [-0.1, -0.05) is 112 Å². The Kier molecular flexibility index (Phi) is 12.7. The van der Waals surface area contributed by atoms with Crippen molar-refractivity contribution in [3.05, 3.63) is 133 Å². The molecular formula is C44H44IrN2O4+. The number of para-hydroxylation sites is 2. The second kappa shape index (κ2) is 16.6. The second-order valence-corrected chi connectivity index (χ2v) is 13.7. The average molecular weight is 857 g/mol. The molecule has 0 aliphatic heterocycles. The summed E-state index contributed by atoms with van der Waals surface area (Å²) in [6, 6.07) is 39.3. The van der Waals surface area contributed by atoms with Crippen LogP contribution in [0.25, 0.3) is 66.4 Å². The molecule has 8 rings (SSSR count). The van der Waals surface area contributed by atoms with Crippen LogP contribution in [0.1, 0.15) is 52.7 Å². The van der Waals surface area contributed by atoms with Crippen LogP contribution in [0.15, 0.2) is 118 Å². The first kappa shape index (κ1) is 39.1. The van der Waals surface area contributed by atoms with Crippen LogP contribution in [-0.4, -0.2) is 34.4 Å². The van der Waals surface area contributed by atoms with Gasteiger partial charge < -0.3 is 29.0 Å². The van der Waals surface area contributed by atoms with Gasteiger partial charge in [-0.25, -0.2) is 0 Å². The zero-order chi connectivity index (χ0) is 36.1. The summed E-state index contributed by atoms with van der Waals surface area (Å²) in [6.45, 7) is 13.2. The molecule has 0 bridgehead atoms. The van der Waals surface area contributed by atoms with Gasteiger partial charge in [-0.3, -0.25) is 0 Å². The van der Waals surface area contributed by atoms with Gasteiger partial charge >= 0.3 is 20.1 Å². The van der Waals surface area contributed by atoms with Crippen molar-refractivity contribution in [3.8, 4) is 22.5 Å². The van der Waals surface area contributed by atoms with Gasteiger partial charge in [0.2, 0.25) is 0 Å². The molecule has 0 saturated carbocycles. The molecule has 0 radical (unpaired) electrons. The van der Waals surface area contributed by atoms with Gasteiger partial charge in [0.25, 0.3) is 0 Å². The molecule has 4 aromatic carbocycles. The SMILES string of the molecule is CC(C)(C)c1ccnc(-c2[c-]ccc3c2oc2ccccc23)c1.CC(C)(C)c1ccnc(-c2[c-]ccc3c2oc2ccccc23)c1.CO.CO.[Ir+3]. The molecule has 7 heteroatoms. The fourth-order valence-electron chi connectivity index (χ4n) is 5.83. The molecule has 0 atom stereocenters. The van der Waals surface area contributed by atoms with Crippen molar-refractivity contribution in [1.82, 2.24) is 9.97 Å². The van der Waals surface area contributed by atoms with Crippen LogP contribution in [0.3, 0.4) is 0 Å².